The number of aliphatic imine (C=N–C) groups is 2. The smallest absolute Gasteiger partial charge is 0.159 e. The number of hydrogen-bond acceptors (Lipinski definition) is 13. The lowest BCUT2D eigenvalue weighted by molar-refractivity contribution is 0.270. The Balaban J connectivity index is 0.000000487. The van der Waals surface area contributed by atoms with Crippen LogP contribution in [0.2, 0.25) is 0 Å². The second kappa shape index (κ2) is 34.4. The summed E-state index contributed by atoms with van der Waals surface area (Å²) < 4.78 is 0. The molecule has 0 radical (unpaired) electrons. The number of nitrogens with two attached hydrogens (primary N) is 3. The van der Waals surface area contributed by atoms with Gasteiger partial charge in [0.15, 0.2) is 20.7 Å². The molecular formula is C55H79Cl2N11S4. The predicted octanol–water partition coefficient (Wildman–Crippen LogP) is 11.4. The van der Waals surface area contributed by atoms with Gasteiger partial charge in [0, 0.05) is 36.1 Å². The van der Waals surface area contributed by atoms with Gasteiger partial charge in [-0.15, -0.1) is 24.8 Å². The highest BCUT2D eigenvalue weighted by Crippen LogP contribution is 2.24. The van der Waals surface area contributed by atoms with Gasteiger partial charge in [0.05, 0.1) is 26.7 Å². The number of thioether (sulfide) groups is 4. The summed E-state index contributed by atoms with van der Waals surface area (Å²) >= 11 is 6.20. The van der Waals surface area contributed by atoms with Crippen LogP contribution in [0.1, 0.15) is 79.8 Å². The van der Waals surface area contributed by atoms with Crippen molar-refractivity contribution in [2.24, 2.45) is 27.2 Å². The molecule has 2 heterocycles. The van der Waals surface area contributed by atoms with Crippen LogP contribution in [0.15, 0.2) is 113 Å². The Kier molecular flexibility index (Phi) is 30.5. The zero-order valence-electron chi connectivity index (χ0n) is 42.2. The average molecular weight is 1090 g/mol. The van der Waals surface area contributed by atoms with Gasteiger partial charge in [-0.25, -0.2) is 9.98 Å². The zero-order valence-corrected chi connectivity index (χ0v) is 47.1. The first-order chi connectivity index (χ1) is 33.3. The van der Waals surface area contributed by atoms with Crippen molar-refractivity contribution < 1.29 is 0 Å². The minimum Gasteiger partial charge on any atom is -0.379 e. The fourth-order valence-corrected chi connectivity index (χ4v) is 10.3. The lowest BCUT2D eigenvalue weighted by atomic mass is 10.0. The minimum atomic E-state index is 0. The third-order valence-corrected chi connectivity index (χ3v) is 15.6. The van der Waals surface area contributed by atoms with Crippen LogP contribution >= 0.6 is 71.9 Å². The van der Waals surface area contributed by atoms with Crippen molar-refractivity contribution in [2.45, 2.75) is 91.2 Å². The molecule has 0 aromatic heterocycles. The number of aryl methyl sites for hydroxylation is 6. The molecule has 7 rings (SSSR count). The fourth-order valence-electron chi connectivity index (χ4n) is 7.29. The molecule has 0 fully saturated rings. The van der Waals surface area contributed by atoms with E-state index in [1.165, 1.54) is 84.7 Å². The maximum Gasteiger partial charge on any atom is 0.159 e. The summed E-state index contributed by atoms with van der Waals surface area (Å²) in [5.74, 6) is 3.20. The van der Waals surface area contributed by atoms with Gasteiger partial charge in [-0.2, -0.15) is 0 Å². The summed E-state index contributed by atoms with van der Waals surface area (Å²) in [5.41, 5.74) is 33.4. The number of halogens is 2. The third kappa shape index (κ3) is 22.9. The molecule has 10 N–H and O–H groups in total. The molecule has 2 aliphatic heterocycles. The standard InChI is InChI=1S/C34H44N6S2.C10H14N4S2.C10H15N.CH4.2ClH/c1-25-9-11-29(17-27(25)3)13-15-39-21-35-33(36-22-39)41-19-31-7-5-6-8-32(31)20-42-34-37-23-40(24-38-34)16-14-30-12-10-26(2)28(4)18-30;11-9(12)15-5-7-3-1-2-4-8(7)6-16-10(13)14;1-8-3-4-10(5-6-11)7-9(8)2;;;/h5-12,17-18H,13-16,19-24H2,1-4H3,(H,35,36)(H,37,38);1-4H,5-6H2,(H3,11,12)(H3,13,14);3-4,7H,5-6,11H2,1-2H3;1H4;2*1H. The van der Waals surface area contributed by atoms with Crippen LogP contribution in [0, 0.1) is 52.4 Å². The molecular weight excluding hydrogens is 1010 g/mol. The first-order valence-electron chi connectivity index (χ1n) is 23.5. The zero-order chi connectivity index (χ0) is 49.5. The molecule has 0 atom stereocenters. The highest BCUT2D eigenvalue weighted by atomic mass is 35.5. The Morgan fingerprint density at radius 3 is 1.14 bits per heavy atom. The Morgan fingerprint density at radius 1 is 0.514 bits per heavy atom. The largest absolute Gasteiger partial charge is 0.379 e. The van der Waals surface area contributed by atoms with E-state index >= 15 is 0 Å². The lowest BCUT2D eigenvalue weighted by Crippen LogP contribution is -2.42. The molecule has 2 aliphatic rings. The van der Waals surface area contributed by atoms with Crippen molar-refractivity contribution in [3.05, 3.63) is 175 Å². The second-order valence-corrected chi connectivity index (χ2v) is 21.3. The summed E-state index contributed by atoms with van der Waals surface area (Å²) in [6, 6.07) is 36.8. The number of amidine groups is 4. The van der Waals surface area contributed by atoms with Crippen LogP contribution in [-0.4, -0.2) is 76.8 Å². The summed E-state index contributed by atoms with van der Waals surface area (Å²) in [5, 5.41) is 23.7. The molecule has 0 aliphatic carbocycles. The van der Waals surface area contributed by atoms with Gasteiger partial charge < -0.3 is 27.8 Å². The van der Waals surface area contributed by atoms with Crippen LogP contribution < -0.4 is 27.8 Å². The molecule has 0 saturated heterocycles. The van der Waals surface area contributed by atoms with Gasteiger partial charge in [-0.3, -0.25) is 20.6 Å². The van der Waals surface area contributed by atoms with E-state index in [1.807, 2.05) is 24.3 Å². The van der Waals surface area contributed by atoms with Gasteiger partial charge >= 0.3 is 0 Å². The molecule has 11 nitrogen and oxygen atoms in total. The normalized spacial score (nSPS) is 13.1. The summed E-state index contributed by atoms with van der Waals surface area (Å²) in [7, 11) is 0. The van der Waals surface area contributed by atoms with Crippen molar-refractivity contribution in [2.75, 3.05) is 46.3 Å². The molecule has 17 heteroatoms. The van der Waals surface area contributed by atoms with Crippen molar-refractivity contribution in [3.63, 3.8) is 0 Å². The molecule has 0 saturated carbocycles. The van der Waals surface area contributed by atoms with Crippen LogP contribution in [0.3, 0.4) is 0 Å². The van der Waals surface area contributed by atoms with E-state index in [4.69, 9.17) is 38.0 Å². The van der Waals surface area contributed by atoms with Crippen molar-refractivity contribution >= 4 is 92.5 Å². The van der Waals surface area contributed by atoms with E-state index in [9.17, 15) is 0 Å². The van der Waals surface area contributed by atoms with Crippen molar-refractivity contribution in [1.29, 1.82) is 10.8 Å². The molecule has 5 aromatic carbocycles. The molecule has 392 valence electrons. The van der Waals surface area contributed by atoms with E-state index < -0.39 is 0 Å². The number of hydrogen-bond donors (Lipinski definition) is 7. The highest BCUT2D eigenvalue weighted by Gasteiger charge is 2.16. The average Bonchev–Trinajstić information content (AvgIpc) is 3.35. The molecule has 5 aromatic rings. The Bertz CT molecular complexity index is 2380. The monoisotopic (exact) mass is 1090 g/mol. The molecule has 0 unspecified atom stereocenters. The van der Waals surface area contributed by atoms with E-state index in [1.54, 1.807) is 23.5 Å². The predicted molar refractivity (Wildman–Crippen MR) is 325 cm³/mol. The Morgan fingerprint density at radius 2 is 0.847 bits per heavy atom. The van der Waals surface area contributed by atoms with Gasteiger partial charge in [0.2, 0.25) is 0 Å². The second-order valence-electron chi connectivity index (χ2n) is 17.4. The van der Waals surface area contributed by atoms with E-state index in [0.29, 0.717) is 11.5 Å². The van der Waals surface area contributed by atoms with Gasteiger partial charge in [0.1, 0.15) is 0 Å². The van der Waals surface area contributed by atoms with E-state index in [-0.39, 0.29) is 42.6 Å². The van der Waals surface area contributed by atoms with Crippen LogP contribution in [0.25, 0.3) is 0 Å². The van der Waals surface area contributed by atoms with E-state index in [2.05, 4.69) is 141 Å². The first kappa shape index (κ1) is 64.0. The quantitative estimate of drug-likeness (QED) is 0.0369. The molecule has 0 amide bonds. The van der Waals surface area contributed by atoms with Crippen molar-refractivity contribution in [3.8, 4) is 0 Å². The summed E-state index contributed by atoms with van der Waals surface area (Å²) in [6.45, 7) is 19.0. The number of benzene rings is 5. The fraction of sp³-hybridized carbons (Fsp3) is 0.382. The molecule has 0 bridgehead atoms. The maximum absolute atomic E-state index is 7.17. The number of nitrogens with zero attached hydrogens (tertiary/aromatic N) is 4. The van der Waals surface area contributed by atoms with Crippen LogP contribution in [0.5, 0.6) is 0 Å². The topological polar surface area (TPSA) is 181 Å². The van der Waals surface area contributed by atoms with Crippen molar-refractivity contribution in [1.82, 2.24) is 20.4 Å². The highest BCUT2D eigenvalue weighted by molar-refractivity contribution is 8.14. The summed E-state index contributed by atoms with van der Waals surface area (Å²) in [6.07, 6.45) is 3.09. The first-order valence-corrected chi connectivity index (χ1v) is 27.4. The molecule has 0 spiro atoms. The molecule has 72 heavy (non-hydrogen) atoms. The van der Waals surface area contributed by atoms with Crippen LogP contribution in [-0.2, 0) is 42.3 Å². The maximum atomic E-state index is 7.17. The number of rotatable bonds is 16. The van der Waals surface area contributed by atoms with Gasteiger partial charge in [-0.05, 0) is 140 Å². The van der Waals surface area contributed by atoms with Crippen LogP contribution in [0.4, 0.5) is 0 Å². The Labute approximate surface area is 460 Å². The Hall–Kier alpha value is -4.16. The third-order valence-electron chi connectivity index (χ3n) is 12.0. The van der Waals surface area contributed by atoms with E-state index in [0.717, 1.165) is 98.5 Å². The minimum absolute atomic E-state index is 0. The lowest BCUT2D eigenvalue weighted by Gasteiger charge is -2.27. The SMILES string of the molecule is C.Cc1ccc(CCN)cc1C.Cc1ccc(CCN2CN=C(SCc3ccccc3CSC3=NCN(CCc4ccc(C)c(C)c4)CN3)NC2)cc1C.Cl.Cl.N=C(N)SCc1ccccc1CSC(=N)N. The van der Waals surface area contributed by atoms with Gasteiger partial charge in [0.25, 0.3) is 0 Å². The summed E-state index contributed by atoms with van der Waals surface area (Å²) in [4.78, 5) is 14.4. The van der Waals surface area contributed by atoms with Gasteiger partial charge in [-0.1, -0.05) is 158 Å². The number of nitrogens with one attached hydrogen (secondary N) is 4.